The Hall–Kier alpha value is -3.72. The van der Waals surface area contributed by atoms with Gasteiger partial charge in [-0.1, -0.05) is 61.4 Å². The van der Waals surface area contributed by atoms with Crippen molar-refractivity contribution in [2.45, 2.75) is 59.0 Å². The average molecular weight is 568 g/mol. The summed E-state index contributed by atoms with van der Waals surface area (Å²) in [5.41, 5.74) is 3.53. The van der Waals surface area contributed by atoms with Gasteiger partial charge < -0.3 is 10.2 Å². The number of nitrogens with zero attached hydrogens (tertiary/aromatic N) is 2. The zero-order valence-electron chi connectivity index (χ0n) is 23.9. The number of halogens is 1. The fraction of sp³-hybridized carbons (Fsp3) is 0.355. The van der Waals surface area contributed by atoms with Crippen molar-refractivity contribution in [1.29, 1.82) is 0 Å². The standard InChI is InChI=1S/C31H38FN3O4S/c1-21(2)18-33-31(37)25(6)34(19-26-10-12-27(32)13-11-26)30(36)20-35(29-16-9-23(4)17-24(29)5)40(38,39)28-14-7-22(3)8-15-28/h7-17,21,25H,18-20H2,1-6H3,(H,33,37)/t25-/m1/s1. The maximum Gasteiger partial charge on any atom is 0.264 e. The number of sulfonamides is 1. The molecule has 0 aliphatic heterocycles. The molecule has 3 aromatic carbocycles. The smallest absolute Gasteiger partial charge is 0.264 e. The third kappa shape index (κ3) is 7.69. The molecule has 0 saturated carbocycles. The monoisotopic (exact) mass is 567 g/mol. The van der Waals surface area contributed by atoms with E-state index in [1.165, 1.54) is 29.2 Å². The van der Waals surface area contributed by atoms with Crippen molar-refractivity contribution in [1.82, 2.24) is 10.2 Å². The third-order valence-corrected chi connectivity index (χ3v) is 8.40. The van der Waals surface area contributed by atoms with Crippen LogP contribution in [-0.4, -0.2) is 44.3 Å². The highest BCUT2D eigenvalue weighted by Gasteiger charge is 2.33. The summed E-state index contributed by atoms with van der Waals surface area (Å²) < 4.78 is 42.6. The molecule has 9 heteroatoms. The predicted molar refractivity (Wildman–Crippen MR) is 156 cm³/mol. The summed E-state index contributed by atoms with van der Waals surface area (Å²) >= 11 is 0. The normalized spacial score (nSPS) is 12.2. The molecule has 1 atom stereocenters. The van der Waals surface area contributed by atoms with E-state index in [1.807, 2.05) is 33.8 Å². The topological polar surface area (TPSA) is 86.8 Å². The Kier molecular flexibility index (Phi) is 10.1. The first-order valence-corrected chi connectivity index (χ1v) is 14.7. The molecule has 0 saturated heterocycles. The lowest BCUT2D eigenvalue weighted by Crippen LogP contribution is -2.51. The number of hydrogen-bond acceptors (Lipinski definition) is 4. The highest BCUT2D eigenvalue weighted by molar-refractivity contribution is 7.92. The summed E-state index contributed by atoms with van der Waals surface area (Å²) in [6, 6.07) is 16.5. The molecule has 0 aromatic heterocycles. The first-order chi connectivity index (χ1) is 18.8. The molecule has 3 rings (SSSR count). The number of rotatable bonds is 11. The highest BCUT2D eigenvalue weighted by Crippen LogP contribution is 2.28. The second-order valence-corrected chi connectivity index (χ2v) is 12.4. The summed E-state index contributed by atoms with van der Waals surface area (Å²) in [7, 11) is -4.15. The molecule has 7 nitrogen and oxygen atoms in total. The Morgan fingerprint density at radius 1 is 0.875 bits per heavy atom. The van der Waals surface area contributed by atoms with Gasteiger partial charge in [0.2, 0.25) is 11.8 Å². The average Bonchev–Trinajstić information content (AvgIpc) is 2.90. The van der Waals surface area contributed by atoms with Crippen molar-refractivity contribution >= 4 is 27.5 Å². The molecule has 0 unspecified atom stereocenters. The lowest BCUT2D eigenvalue weighted by molar-refractivity contribution is -0.139. The number of hydrogen-bond donors (Lipinski definition) is 1. The molecule has 0 spiro atoms. The van der Waals surface area contributed by atoms with Crippen LogP contribution in [0.2, 0.25) is 0 Å². The molecule has 3 aromatic rings. The Morgan fingerprint density at radius 2 is 1.48 bits per heavy atom. The van der Waals surface area contributed by atoms with E-state index in [9.17, 15) is 22.4 Å². The summed E-state index contributed by atoms with van der Waals surface area (Å²) in [4.78, 5) is 28.4. The number of carbonyl (C=O) groups excluding carboxylic acids is 2. The van der Waals surface area contributed by atoms with Crippen LogP contribution in [0.25, 0.3) is 0 Å². The van der Waals surface area contributed by atoms with E-state index in [2.05, 4.69) is 5.32 Å². The van der Waals surface area contributed by atoms with Gasteiger partial charge in [-0.25, -0.2) is 12.8 Å². The summed E-state index contributed by atoms with van der Waals surface area (Å²) in [6.07, 6.45) is 0. The molecule has 1 N–H and O–H groups in total. The van der Waals surface area contributed by atoms with E-state index in [4.69, 9.17) is 0 Å². The summed E-state index contributed by atoms with van der Waals surface area (Å²) in [5, 5.41) is 2.85. The number of carbonyl (C=O) groups is 2. The molecular formula is C31H38FN3O4S. The van der Waals surface area contributed by atoms with Gasteiger partial charge in [0.05, 0.1) is 10.6 Å². The van der Waals surface area contributed by atoms with Gasteiger partial charge >= 0.3 is 0 Å². The van der Waals surface area contributed by atoms with Crippen LogP contribution in [0.15, 0.2) is 71.6 Å². The van der Waals surface area contributed by atoms with Crippen LogP contribution in [0.1, 0.15) is 43.0 Å². The van der Waals surface area contributed by atoms with Crippen molar-refractivity contribution < 1.29 is 22.4 Å². The summed E-state index contributed by atoms with van der Waals surface area (Å²) in [5.74, 6) is -1.14. The van der Waals surface area contributed by atoms with E-state index in [1.54, 1.807) is 50.2 Å². The molecule has 0 bridgehead atoms. The van der Waals surface area contributed by atoms with Crippen molar-refractivity contribution in [3.8, 4) is 0 Å². The first kappa shape index (κ1) is 30.8. The van der Waals surface area contributed by atoms with Gasteiger partial charge in [-0.2, -0.15) is 0 Å². The summed E-state index contributed by atoms with van der Waals surface area (Å²) in [6.45, 7) is 11.0. The van der Waals surface area contributed by atoms with Crippen LogP contribution in [0, 0.1) is 32.5 Å². The van der Waals surface area contributed by atoms with Crippen molar-refractivity contribution in [2.75, 3.05) is 17.4 Å². The largest absolute Gasteiger partial charge is 0.354 e. The SMILES string of the molecule is Cc1ccc(S(=O)(=O)N(CC(=O)N(Cc2ccc(F)cc2)[C@H](C)C(=O)NCC(C)C)c2ccc(C)cc2C)cc1. The fourth-order valence-corrected chi connectivity index (χ4v) is 5.74. The minimum Gasteiger partial charge on any atom is -0.354 e. The molecule has 214 valence electrons. The molecular weight excluding hydrogens is 529 g/mol. The van der Waals surface area contributed by atoms with Crippen molar-refractivity contribution in [3.05, 3.63) is 94.8 Å². The molecule has 0 fully saturated rings. The van der Waals surface area contributed by atoms with Crippen LogP contribution in [0.4, 0.5) is 10.1 Å². The fourth-order valence-electron chi connectivity index (χ4n) is 4.26. The van der Waals surface area contributed by atoms with Crippen LogP contribution in [0.3, 0.4) is 0 Å². The van der Waals surface area contributed by atoms with E-state index in [0.717, 1.165) is 15.4 Å². The maximum atomic E-state index is 14.0. The number of amides is 2. The molecule has 0 radical (unpaired) electrons. The lowest BCUT2D eigenvalue weighted by Gasteiger charge is -2.32. The predicted octanol–water partition coefficient (Wildman–Crippen LogP) is 5.14. The highest BCUT2D eigenvalue weighted by atomic mass is 32.2. The number of aryl methyl sites for hydroxylation is 3. The molecule has 0 heterocycles. The van der Waals surface area contributed by atoms with Crippen LogP contribution in [0.5, 0.6) is 0 Å². The van der Waals surface area contributed by atoms with Gasteiger partial charge in [-0.15, -0.1) is 0 Å². The van der Waals surface area contributed by atoms with Gasteiger partial charge in [0.25, 0.3) is 10.0 Å². The van der Waals surface area contributed by atoms with Crippen LogP contribution < -0.4 is 9.62 Å². The minimum absolute atomic E-state index is 0.000672. The van der Waals surface area contributed by atoms with E-state index >= 15 is 0 Å². The zero-order chi connectivity index (χ0) is 29.6. The number of anilines is 1. The zero-order valence-corrected chi connectivity index (χ0v) is 24.8. The Balaban J connectivity index is 2.04. The first-order valence-electron chi connectivity index (χ1n) is 13.3. The van der Waals surface area contributed by atoms with E-state index in [0.29, 0.717) is 23.4 Å². The van der Waals surface area contributed by atoms with E-state index in [-0.39, 0.29) is 23.3 Å². The Labute approximate surface area is 237 Å². The molecule has 0 aliphatic carbocycles. The maximum absolute atomic E-state index is 14.0. The Bertz CT molecular complexity index is 1440. The van der Waals surface area contributed by atoms with Gasteiger partial charge in [0.15, 0.2) is 0 Å². The Morgan fingerprint density at radius 3 is 2.05 bits per heavy atom. The number of benzene rings is 3. The van der Waals surface area contributed by atoms with Gasteiger partial charge in [-0.3, -0.25) is 13.9 Å². The molecule has 0 aliphatic rings. The lowest BCUT2D eigenvalue weighted by atomic mass is 10.1. The van der Waals surface area contributed by atoms with Gasteiger partial charge in [-0.05, 0) is 75.1 Å². The minimum atomic E-state index is -4.15. The number of nitrogens with one attached hydrogen (secondary N) is 1. The van der Waals surface area contributed by atoms with Crippen molar-refractivity contribution in [2.24, 2.45) is 5.92 Å². The molecule has 2 amide bonds. The third-order valence-electron chi connectivity index (χ3n) is 6.63. The van der Waals surface area contributed by atoms with Crippen LogP contribution >= 0.6 is 0 Å². The van der Waals surface area contributed by atoms with E-state index < -0.39 is 34.3 Å². The molecule has 40 heavy (non-hydrogen) atoms. The van der Waals surface area contributed by atoms with Crippen molar-refractivity contribution in [3.63, 3.8) is 0 Å². The second-order valence-electron chi connectivity index (χ2n) is 10.6. The second kappa shape index (κ2) is 13.1. The van der Waals surface area contributed by atoms with Crippen LogP contribution in [-0.2, 0) is 26.2 Å². The van der Waals surface area contributed by atoms with Gasteiger partial charge in [0, 0.05) is 13.1 Å². The van der Waals surface area contributed by atoms with Gasteiger partial charge in [0.1, 0.15) is 18.4 Å². The quantitative estimate of drug-likeness (QED) is 0.348.